The van der Waals surface area contributed by atoms with Crippen LogP contribution < -0.4 is 4.80 Å². The van der Waals surface area contributed by atoms with E-state index in [4.69, 9.17) is 0 Å². The second kappa shape index (κ2) is 8.38. The number of hydrogen-bond donors (Lipinski definition) is 0. The largest absolute Gasteiger partial charge is 0.312 e. The van der Waals surface area contributed by atoms with E-state index in [0.29, 0.717) is 22.6 Å². The maximum absolute atomic E-state index is 14.5. The van der Waals surface area contributed by atoms with E-state index in [9.17, 15) is 18.9 Å². The number of hydrogen-bond acceptors (Lipinski definition) is 4. The van der Waals surface area contributed by atoms with E-state index < -0.39 is 4.92 Å². The topological polar surface area (TPSA) is 60.4 Å². The van der Waals surface area contributed by atoms with Crippen molar-refractivity contribution in [2.24, 2.45) is 4.99 Å². The summed E-state index contributed by atoms with van der Waals surface area (Å²) < 4.78 is 29.6. The number of nitro groups is 1. The summed E-state index contributed by atoms with van der Waals surface area (Å²) in [5.41, 5.74) is 1.85. The van der Waals surface area contributed by atoms with Crippen LogP contribution in [0.3, 0.4) is 0 Å². The molecule has 0 radical (unpaired) electrons. The van der Waals surface area contributed by atoms with Gasteiger partial charge in [0.1, 0.15) is 17.3 Å². The quantitative estimate of drug-likeness (QED) is 0.306. The lowest BCUT2D eigenvalue weighted by Gasteiger charge is -2.10. The van der Waals surface area contributed by atoms with Crippen LogP contribution >= 0.6 is 11.3 Å². The summed E-state index contributed by atoms with van der Waals surface area (Å²) in [6, 6.07) is 18.5. The number of benzene rings is 3. The van der Waals surface area contributed by atoms with Gasteiger partial charge in [0.05, 0.1) is 17.2 Å². The molecule has 1 heterocycles. The van der Waals surface area contributed by atoms with Gasteiger partial charge in [-0.05, 0) is 35.9 Å². The highest BCUT2D eigenvalue weighted by molar-refractivity contribution is 7.07. The molecule has 4 rings (SSSR count). The van der Waals surface area contributed by atoms with Gasteiger partial charge in [-0.3, -0.25) is 10.1 Å². The van der Waals surface area contributed by atoms with Gasteiger partial charge in [-0.1, -0.05) is 36.4 Å². The van der Waals surface area contributed by atoms with Gasteiger partial charge in [-0.25, -0.2) is 13.8 Å². The van der Waals surface area contributed by atoms with Crippen LogP contribution in [0, 0.1) is 21.7 Å². The third-order valence-corrected chi connectivity index (χ3v) is 5.36. The van der Waals surface area contributed by atoms with E-state index in [2.05, 4.69) is 4.99 Å². The van der Waals surface area contributed by atoms with Gasteiger partial charge in [0.15, 0.2) is 4.80 Å². The van der Waals surface area contributed by atoms with Crippen LogP contribution in [-0.4, -0.2) is 9.49 Å². The van der Waals surface area contributed by atoms with Crippen LogP contribution in [0.4, 0.5) is 20.2 Å². The Kier molecular flexibility index (Phi) is 5.49. The minimum atomic E-state index is -0.492. The van der Waals surface area contributed by atoms with Crippen molar-refractivity contribution in [2.45, 2.75) is 6.54 Å². The number of aromatic nitrogens is 1. The molecule has 0 aliphatic carbocycles. The first-order valence-corrected chi connectivity index (χ1v) is 9.87. The van der Waals surface area contributed by atoms with E-state index in [1.165, 1.54) is 35.6 Å². The van der Waals surface area contributed by atoms with Gasteiger partial charge in [0.25, 0.3) is 5.69 Å². The van der Waals surface area contributed by atoms with Crippen LogP contribution in [0.25, 0.3) is 11.3 Å². The molecule has 0 aliphatic rings. The SMILES string of the molecule is O=[N+]([O-])c1ccccc1N=c1scc(-c2ccccc2F)n1Cc1ccc(F)cc1. The Morgan fingerprint density at radius 1 is 0.967 bits per heavy atom. The summed E-state index contributed by atoms with van der Waals surface area (Å²) in [4.78, 5) is 15.8. The summed E-state index contributed by atoms with van der Waals surface area (Å²) in [5.74, 6) is -0.742. The molecule has 150 valence electrons. The molecule has 0 N–H and O–H groups in total. The molecule has 0 saturated heterocycles. The fraction of sp³-hybridized carbons (Fsp3) is 0.0455. The third-order valence-electron chi connectivity index (χ3n) is 4.50. The molecule has 30 heavy (non-hydrogen) atoms. The fourth-order valence-corrected chi connectivity index (χ4v) is 3.96. The minimum absolute atomic E-state index is 0.119. The zero-order valence-electron chi connectivity index (χ0n) is 15.5. The zero-order chi connectivity index (χ0) is 21.1. The minimum Gasteiger partial charge on any atom is -0.312 e. The van der Waals surface area contributed by atoms with Gasteiger partial charge in [-0.2, -0.15) is 0 Å². The fourth-order valence-electron chi connectivity index (χ4n) is 3.04. The summed E-state index contributed by atoms with van der Waals surface area (Å²) >= 11 is 1.25. The van der Waals surface area contributed by atoms with Gasteiger partial charge in [-0.15, -0.1) is 11.3 Å². The van der Waals surface area contributed by atoms with Crippen LogP contribution in [0.2, 0.25) is 0 Å². The number of halogens is 2. The van der Waals surface area contributed by atoms with E-state index in [0.717, 1.165) is 5.56 Å². The molecule has 0 amide bonds. The lowest BCUT2D eigenvalue weighted by Crippen LogP contribution is -2.17. The molecule has 0 fully saturated rings. The molecule has 0 spiro atoms. The molecule has 0 unspecified atom stereocenters. The lowest BCUT2D eigenvalue weighted by atomic mass is 10.1. The first-order valence-electron chi connectivity index (χ1n) is 8.99. The van der Waals surface area contributed by atoms with Gasteiger partial charge in [0.2, 0.25) is 0 Å². The Hall–Kier alpha value is -3.65. The molecule has 5 nitrogen and oxygen atoms in total. The number of para-hydroxylation sites is 2. The molecule has 0 aliphatic heterocycles. The van der Waals surface area contributed by atoms with Crippen molar-refractivity contribution in [1.82, 2.24) is 4.57 Å². The number of nitrogens with zero attached hydrogens (tertiary/aromatic N) is 3. The van der Waals surface area contributed by atoms with Gasteiger partial charge >= 0.3 is 0 Å². The van der Waals surface area contributed by atoms with Crippen molar-refractivity contribution in [3.63, 3.8) is 0 Å². The molecule has 8 heteroatoms. The standard InChI is InChI=1S/C22H15F2N3O2S/c23-16-11-9-15(10-12-16)13-26-21(17-5-1-2-6-18(17)24)14-30-22(26)25-19-7-3-4-8-20(19)27(28)29/h1-12,14H,13H2. The summed E-state index contributed by atoms with van der Waals surface area (Å²) in [5, 5.41) is 13.1. The smallest absolute Gasteiger partial charge is 0.294 e. The summed E-state index contributed by atoms with van der Waals surface area (Å²) in [7, 11) is 0. The van der Waals surface area contributed by atoms with E-state index in [1.54, 1.807) is 58.5 Å². The Labute approximate surface area is 174 Å². The maximum atomic E-state index is 14.5. The Bertz CT molecular complexity index is 1280. The molecule has 3 aromatic carbocycles. The zero-order valence-corrected chi connectivity index (χ0v) is 16.4. The number of nitro benzene ring substituents is 1. The second-order valence-electron chi connectivity index (χ2n) is 6.45. The van der Waals surface area contributed by atoms with E-state index >= 15 is 0 Å². The highest BCUT2D eigenvalue weighted by Gasteiger charge is 2.15. The monoisotopic (exact) mass is 423 g/mol. The van der Waals surface area contributed by atoms with Crippen molar-refractivity contribution < 1.29 is 13.7 Å². The molecule has 1 aromatic heterocycles. The Morgan fingerprint density at radius 3 is 2.40 bits per heavy atom. The maximum Gasteiger partial charge on any atom is 0.294 e. The van der Waals surface area contributed by atoms with Crippen LogP contribution in [0.5, 0.6) is 0 Å². The first kappa shape index (κ1) is 19.7. The van der Waals surface area contributed by atoms with Gasteiger partial charge in [0, 0.05) is 17.0 Å². The summed E-state index contributed by atoms with van der Waals surface area (Å²) in [6.45, 7) is 0.299. The average Bonchev–Trinajstić information content (AvgIpc) is 3.12. The molecule has 0 atom stereocenters. The number of rotatable bonds is 5. The van der Waals surface area contributed by atoms with Crippen molar-refractivity contribution in [1.29, 1.82) is 0 Å². The predicted octanol–water partition coefficient (Wildman–Crippen LogP) is 5.68. The predicted molar refractivity (Wildman–Crippen MR) is 112 cm³/mol. The van der Waals surface area contributed by atoms with Crippen molar-refractivity contribution in [2.75, 3.05) is 0 Å². The van der Waals surface area contributed by atoms with E-state index in [1.807, 2.05) is 0 Å². The Morgan fingerprint density at radius 2 is 1.67 bits per heavy atom. The van der Waals surface area contributed by atoms with Crippen LogP contribution in [0.15, 0.2) is 83.2 Å². The Balaban J connectivity index is 1.90. The first-order chi connectivity index (χ1) is 14.5. The lowest BCUT2D eigenvalue weighted by molar-refractivity contribution is -0.384. The van der Waals surface area contributed by atoms with Crippen LogP contribution in [0.1, 0.15) is 5.56 Å². The van der Waals surface area contributed by atoms with Gasteiger partial charge < -0.3 is 4.57 Å². The molecule has 0 saturated carbocycles. The van der Waals surface area contributed by atoms with Crippen LogP contribution in [-0.2, 0) is 6.54 Å². The summed E-state index contributed by atoms with van der Waals surface area (Å²) in [6.07, 6.45) is 0. The highest BCUT2D eigenvalue weighted by Crippen LogP contribution is 2.28. The second-order valence-corrected chi connectivity index (χ2v) is 7.29. The van der Waals surface area contributed by atoms with E-state index in [-0.39, 0.29) is 23.0 Å². The molecular formula is C22H15F2N3O2S. The normalized spacial score (nSPS) is 11.6. The number of thiazole rings is 1. The molecular weight excluding hydrogens is 408 g/mol. The molecule has 4 aromatic rings. The average molecular weight is 423 g/mol. The van der Waals surface area contributed by atoms with Crippen molar-refractivity contribution in [3.8, 4) is 11.3 Å². The third kappa shape index (κ3) is 4.04. The van der Waals surface area contributed by atoms with Crippen molar-refractivity contribution >= 4 is 22.7 Å². The van der Waals surface area contributed by atoms with Crippen molar-refractivity contribution in [3.05, 3.63) is 110 Å². The highest BCUT2D eigenvalue weighted by atomic mass is 32.1. The molecule has 0 bridgehead atoms.